The molecule has 1 unspecified atom stereocenters. The molecule has 0 aliphatic rings. The molecular weight excluding hydrogens is 282 g/mol. The molecule has 0 saturated carbocycles. The lowest BCUT2D eigenvalue weighted by Gasteiger charge is -2.12. The van der Waals surface area contributed by atoms with Crippen molar-refractivity contribution in [1.29, 1.82) is 0 Å². The van der Waals surface area contributed by atoms with Gasteiger partial charge in [0.2, 0.25) is 0 Å². The molecule has 2 aromatic carbocycles. The van der Waals surface area contributed by atoms with Crippen LogP contribution in [-0.4, -0.2) is 15.8 Å². The van der Waals surface area contributed by atoms with Gasteiger partial charge in [-0.25, -0.2) is 0 Å². The minimum Gasteiger partial charge on any atom is -0.508 e. The number of carbonyl (C=O) groups excluding carboxylic acids is 1. The number of phenols is 1. The van der Waals surface area contributed by atoms with Crippen molar-refractivity contribution in [2.45, 2.75) is 25.7 Å². The quantitative estimate of drug-likeness (QED) is 0.652. The molecule has 114 valence electrons. The predicted octanol–water partition coefficient (Wildman–Crippen LogP) is 3.61. The van der Waals surface area contributed by atoms with Gasteiger partial charge in [-0.1, -0.05) is 37.3 Å². The first kappa shape index (κ1) is 15.7. The van der Waals surface area contributed by atoms with Gasteiger partial charge in [0.15, 0.2) is 0 Å². The molecule has 2 aromatic rings. The second-order valence-electron chi connectivity index (χ2n) is 5.17. The molecule has 0 radical (unpaired) electrons. The number of rotatable bonds is 6. The summed E-state index contributed by atoms with van der Waals surface area (Å²) in [6.45, 7) is 1.66. The minimum atomic E-state index is -0.580. The monoisotopic (exact) mass is 299 g/mol. The predicted molar refractivity (Wildman–Crippen MR) is 82.9 cm³/mol. The van der Waals surface area contributed by atoms with Gasteiger partial charge in [0, 0.05) is 30.0 Å². The van der Waals surface area contributed by atoms with Gasteiger partial charge in [-0.15, -0.1) is 0 Å². The van der Waals surface area contributed by atoms with Crippen molar-refractivity contribution in [3.63, 3.8) is 0 Å². The van der Waals surface area contributed by atoms with Crippen LogP contribution < -0.4 is 0 Å². The third-order valence-corrected chi connectivity index (χ3v) is 3.67. The van der Waals surface area contributed by atoms with Crippen molar-refractivity contribution in [1.82, 2.24) is 0 Å². The maximum absolute atomic E-state index is 12.3. The van der Waals surface area contributed by atoms with Crippen LogP contribution in [0.2, 0.25) is 0 Å². The highest BCUT2D eigenvalue weighted by atomic mass is 16.6. The molecule has 0 heterocycles. The van der Waals surface area contributed by atoms with Crippen molar-refractivity contribution in [3.8, 4) is 5.75 Å². The number of hydrogen-bond acceptors (Lipinski definition) is 4. The number of hydrogen-bond donors (Lipinski definition) is 1. The number of nitro groups is 1. The Balaban J connectivity index is 2.10. The number of ketones is 1. The second kappa shape index (κ2) is 6.85. The van der Waals surface area contributed by atoms with E-state index in [1.54, 1.807) is 6.92 Å². The average molecular weight is 299 g/mol. The average Bonchev–Trinajstić information content (AvgIpc) is 2.53. The van der Waals surface area contributed by atoms with Gasteiger partial charge in [0.1, 0.15) is 11.5 Å². The largest absolute Gasteiger partial charge is 0.508 e. The van der Waals surface area contributed by atoms with Crippen molar-refractivity contribution in [2.75, 3.05) is 0 Å². The van der Waals surface area contributed by atoms with Crippen LogP contribution >= 0.6 is 0 Å². The van der Waals surface area contributed by atoms with Gasteiger partial charge in [0.25, 0.3) is 5.69 Å². The number of non-ortho nitro benzene ring substituents is 1. The molecule has 0 fully saturated rings. The summed E-state index contributed by atoms with van der Waals surface area (Å²) < 4.78 is 0. The highest BCUT2D eigenvalue weighted by Gasteiger charge is 2.21. The van der Waals surface area contributed by atoms with Crippen molar-refractivity contribution in [3.05, 3.63) is 69.8 Å². The zero-order valence-electron chi connectivity index (χ0n) is 12.2. The molecule has 0 bridgehead atoms. The first-order valence-corrected chi connectivity index (χ1v) is 7.03. The van der Waals surface area contributed by atoms with E-state index in [0.29, 0.717) is 18.4 Å². The fourth-order valence-electron chi connectivity index (χ4n) is 2.30. The molecule has 5 heteroatoms. The summed E-state index contributed by atoms with van der Waals surface area (Å²) in [4.78, 5) is 22.5. The summed E-state index contributed by atoms with van der Waals surface area (Å²) >= 11 is 0. The number of carbonyl (C=O) groups is 1. The van der Waals surface area contributed by atoms with Crippen LogP contribution in [0.1, 0.15) is 30.4 Å². The topological polar surface area (TPSA) is 80.4 Å². The van der Waals surface area contributed by atoms with Crippen LogP contribution in [0.25, 0.3) is 0 Å². The van der Waals surface area contributed by atoms with E-state index in [1.807, 2.05) is 30.3 Å². The van der Waals surface area contributed by atoms with Gasteiger partial charge in [-0.3, -0.25) is 14.9 Å². The maximum atomic E-state index is 12.3. The van der Waals surface area contributed by atoms with Crippen LogP contribution in [-0.2, 0) is 11.2 Å². The Labute approximate surface area is 128 Å². The Kier molecular flexibility index (Phi) is 4.88. The van der Waals surface area contributed by atoms with Crippen LogP contribution in [0.3, 0.4) is 0 Å². The molecule has 0 aliphatic heterocycles. The van der Waals surface area contributed by atoms with Gasteiger partial charge in [-0.05, 0) is 18.1 Å². The SMILES string of the molecule is CC(C(=O)CCc1ccccc1)c1cc([N+](=O)[O-])ccc1O. The lowest BCUT2D eigenvalue weighted by Crippen LogP contribution is -2.10. The number of nitrogens with zero attached hydrogens (tertiary/aromatic N) is 1. The van der Waals surface area contributed by atoms with E-state index in [2.05, 4.69) is 0 Å². The summed E-state index contributed by atoms with van der Waals surface area (Å²) in [7, 11) is 0. The lowest BCUT2D eigenvalue weighted by atomic mass is 9.92. The van der Waals surface area contributed by atoms with Crippen molar-refractivity contribution in [2.24, 2.45) is 0 Å². The number of aryl methyl sites for hydroxylation is 1. The Morgan fingerprint density at radius 3 is 2.55 bits per heavy atom. The Bertz CT molecular complexity index is 682. The van der Waals surface area contributed by atoms with E-state index in [1.165, 1.54) is 18.2 Å². The van der Waals surface area contributed by atoms with Crippen LogP contribution in [0.15, 0.2) is 48.5 Å². The van der Waals surface area contributed by atoms with Crippen LogP contribution in [0, 0.1) is 10.1 Å². The van der Waals surface area contributed by atoms with Gasteiger partial charge < -0.3 is 5.11 Å². The molecule has 2 rings (SSSR count). The Morgan fingerprint density at radius 2 is 1.91 bits per heavy atom. The summed E-state index contributed by atoms with van der Waals surface area (Å²) in [5.74, 6) is -0.727. The number of Topliss-reactive ketones (excluding diaryl/α,β-unsaturated/α-hetero) is 1. The minimum absolute atomic E-state index is 0.0559. The van der Waals surface area contributed by atoms with E-state index < -0.39 is 10.8 Å². The highest BCUT2D eigenvalue weighted by molar-refractivity contribution is 5.86. The van der Waals surface area contributed by atoms with Gasteiger partial charge in [-0.2, -0.15) is 0 Å². The van der Waals surface area contributed by atoms with E-state index in [0.717, 1.165) is 5.56 Å². The van der Waals surface area contributed by atoms with Crippen LogP contribution in [0.5, 0.6) is 5.75 Å². The molecule has 0 spiro atoms. The smallest absolute Gasteiger partial charge is 0.269 e. The standard InChI is InChI=1S/C17H17NO4/c1-12(15-11-14(18(21)22)8-10-17(15)20)16(19)9-7-13-5-3-2-4-6-13/h2-6,8,10-12,20H,7,9H2,1H3. The number of aromatic hydroxyl groups is 1. The summed E-state index contributed by atoms with van der Waals surface area (Å²) in [6, 6.07) is 13.4. The van der Waals surface area contributed by atoms with E-state index >= 15 is 0 Å². The molecular formula is C17H17NO4. The lowest BCUT2D eigenvalue weighted by molar-refractivity contribution is -0.384. The zero-order valence-corrected chi connectivity index (χ0v) is 12.2. The van der Waals surface area contributed by atoms with E-state index in [4.69, 9.17) is 0 Å². The molecule has 1 N–H and O–H groups in total. The van der Waals surface area contributed by atoms with E-state index in [9.17, 15) is 20.0 Å². The Morgan fingerprint density at radius 1 is 1.23 bits per heavy atom. The highest BCUT2D eigenvalue weighted by Crippen LogP contribution is 2.30. The summed E-state index contributed by atoms with van der Waals surface area (Å²) in [6.07, 6.45) is 0.938. The molecule has 0 saturated heterocycles. The summed E-state index contributed by atoms with van der Waals surface area (Å²) in [5.41, 5.74) is 1.23. The first-order chi connectivity index (χ1) is 10.5. The van der Waals surface area contributed by atoms with Crippen LogP contribution in [0.4, 0.5) is 5.69 Å². The second-order valence-corrected chi connectivity index (χ2v) is 5.17. The first-order valence-electron chi connectivity index (χ1n) is 7.03. The fourth-order valence-corrected chi connectivity index (χ4v) is 2.30. The van der Waals surface area contributed by atoms with E-state index in [-0.39, 0.29) is 17.2 Å². The molecule has 1 atom stereocenters. The Hall–Kier alpha value is -2.69. The van der Waals surface area contributed by atoms with Gasteiger partial charge in [0.05, 0.1) is 4.92 Å². The summed E-state index contributed by atoms with van der Waals surface area (Å²) in [5, 5.41) is 20.7. The molecule has 0 aromatic heterocycles. The maximum Gasteiger partial charge on any atom is 0.269 e. The zero-order chi connectivity index (χ0) is 16.1. The number of phenolic OH excluding ortho intramolecular Hbond substituents is 1. The number of benzene rings is 2. The molecule has 5 nitrogen and oxygen atoms in total. The van der Waals surface area contributed by atoms with Crippen molar-refractivity contribution < 1.29 is 14.8 Å². The fraction of sp³-hybridized carbons (Fsp3) is 0.235. The number of nitro benzene ring substituents is 1. The van der Waals surface area contributed by atoms with Gasteiger partial charge >= 0.3 is 0 Å². The third-order valence-electron chi connectivity index (χ3n) is 3.67. The van der Waals surface area contributed by atoms with Crippen molar-refractivity contribution >= 4 is 11.5 Å². The normalized spacial score (nSPS) is 11.9. The molecule has 0 amide bonds. The third kappa shape index (κ3) is 3.69. The molecule has 0 aliphatic carbocycles. The molecule has 22 heavy (non-hydrogen) atoms.